The molecule has 0 aromatic carbocycles. The standard InChI is InChI=1S/C19H29NO3/c1-3-11-19(22,15-7-5-6-8-15)18(21)23-17-14-9-12-20(13-10-14)16(17)4-2/h14-17,22H,4-10,12-13H2,1-2H3. The molecule has 3 unspecified atom stereocenters. The molecule has 4 nitrogen and oxygen atoms in total. The minimum atomic E-state index is -1.62. The normalized spacial score (nSPS) is 36.1. The second-order valence-corrected chi connectivity index (χ2v) is 7.34. The summed E-state index contributed by atoms with van der Waals surface area (Å²) in [6.07, 6.45) is 6.92. The van der Waals surface area contributed by atoms with E-state index in [9.17, 15) is 9.90 Å². The number of esters is 1. The first-order chi connectivity index (χ1) is 11.1. The number of nitrogens with zero attached hydrogens (tertiary/aromatic N) is 1. The first-order valence-corrected chi connectivity index (χ1v) is 9.21. The average molecular weight is 319 g/mol. The molecule has 1 saturated carbocycles. The number of hydrogen-bond donors (Lipinski definition) is 1. The lowest BCUT2D eigenvalue weighted by atomic mass is 9.79. The largest absolute Gasteiger partial charge is 0.458 e. The fourth-order valence-corrected chi connectivity index (χ4v) is 4.83. The van der Waals surface area contributed by atoms with Crippen LogP contribution in [0.3, 0.4) is 0 Å². The van der Waals surface area contributed by atoms with Crippen molar-refractivity contribution >= 4 is 5.97 Å². The van der Waals surface area contributed by atoms with Crippen molar-refractivity contribution in [2.75, 3.05) is 13.1 Å². The third-order valence-electron chi connectivity index (χ3n) is 6.12. The van der Waals surface area contributed by atoms with Crippen LogP contribution < -0.4 is 0 Å². The lowest BCUT2D eigenvalue weighted by Crippen LogP contribution is -2.60. The summed E-state index contributed by atoms with van der Waals surface area (Å²) in [4.78, 5) is 15.3. The Balaban J connectivity index is 1.76. The molecule has 3 atom stereocenters. The Morgan fingerprint density at radius 1 is 1.26 bits per heavy atom. The zero-order valence-corrected chi connectivity index (χ0v) is 14.4. The Kier molecular flexibility index (Phi) is 4.98. The minimum Gasteiger partial charge on any atom is -0.458 e. The molecule has 0 aromatic heterocycles. The number of carbonyl (C=O) groups excluding carboxylic acids is 1. The number of piperidine rings is 3. The lowest BCUT2D eigenvalue weighted by molar-refractivity contribution is -0.185. The van der Waals surface area contributed by atoms with Gasteiger partial charge in [-0.2, -0.15) is 0 Å². The van der Waals surface area contributed by atoms with Crippen molar-refractivity contribution in [2.45, 2.75) is 76.5 Å². The third kappa shape index (κ3) is 3.02. The van der Waals surface area contributed by atoms with E-state index in [1.807, 2.05) is 0 Å². The Hall–Kier alpha value is -1.05. The van der Waals surface area contributed by atoms with Gasteiger partial charge in [0.2, 0.25) is 5.60 Å². The van der Waals surface area contributed by atoms with Crippen LogP contribution in [0.1, 0.15) is 58.8 Å². The van der Waals surface area contributed by atoms with E-state index >= 15 is 0 Å². The quantitative estimate of drug-likeness (QED) is 0.638. The molecule has 2 bridgehead atoms. The predicted molar refractivity (Wildman–Crippen MR) is 88.6 cm³/mol. The van der Waals surface area contributed by atoms with Gasteiger partial charge in [-0.3, -0.25) is 4.90 Å². The molecule has 4 rings (SSSR count). The maximum absolute atomic E-state index is 12.9. The fraction of sp³-hybridized carbons (Fsp3) is 0.842. The van der Waals surface area contributed by atoms with Crippen LogP contribution in [-0.4, -0.2) is 46.8 Å². The molecule has 4 fully saturated rings. The van der Waals surface area contributed by atoms with E-state index < -0.39 is 11.6 Å². The second kappa shape index (κ2) is 6.83. The lowest BCUT2D eigenvalue weighted by Gasteiger charge is -2.50. The van der Waals surface area contributed by atoms with E-state index in [-0.39, 0.29) is 12.0 Å². The van der Waals surface area contributed by atoms with Crippen LogP contribution in [0, 0.1) is 23.7 Å². The Morgan fingerprint density at radius 3 is 2.48 bits per heavy atom. The van der Waals surface area contributed by atoms with Gasteiger partial charge in [-0.05, 0) is 58.0 Å². The first kappa shape index (κ1) is 16.8. The van der Waals surface area contributed by atoms with Crippen LogP contribution in [-0.2, 0) is 9.53 Å². The van der Waals surface area contributed by atoms with Gasteiger partial charge in [0, 0.05) is 12.0 Å². The van der Waals surface area contributed by atoms with Crippen molar-refractivity contribution in [3.8, 4) is 11.8 Å². The van der Waals surface area contributed by atoms with E-state index in [0.717, 1.165) is 58.0 Å². The summed E-state index contributed by atoms with van der Waals surface area (Å²) in [7, 11) is 0. The maximum Gasteiger partial charge on any atom is 0.351 e. The van der Waals surface area contributed by atoms with Gasteiger partial charge in [0.15, 0.2) is 0 Å². The summed E-state index contributed by atoms with van der Waals surface area (Å²) in [5.41, 5.74) is -1.62. The van der Waals surface area contributed by atoms with E-state index in [1.165, 1.54) is 0 Å². The molecular formula is C19H29NO3. The highest BCUT2D eigenvalue weighted by molar-refractivity contribution is 5.84. The van der Waals surface area contributed by atoms with Gasteiger partial charge in [0.05, 0.1) is 0 Å². The van der Waals surface area contributed by atoms with Gasteiger partial charge >= 0.3 is 5.97 Å². The number of aliphatic hydroxyl groups is 1. The molecule has 0 amide bonds. The third-order valence-corrected chi connectivity index (χ3v) is 6.12. The number of fused-ring (bicyclic) bond motifs is 3. The maximum atomic E-state index is 12.9. The van der Waals surface area contributed by atoms with Crippen molar-refractivity contribution in [1.82, 2.24) is 4.90 Å². The van der Waals surface area contributed by atoms with Crippen molar-refractivity contribution in [2.24, 2.45) is 11.8 Å². The zero-order valence-electron chi connectivity index (χ0n) is 14.4. The van der Waals surface area contributed by atoms with Gasteiger partial charge in [-0.15, -0.1) is 5.92 Å². The van der Waals surface area contributed by atoms with Crippen molar-refractivity contribution in [3.63, 3.8) is 0 Å². The fourth-order valence-electron chi connectivity index (χ4n) is 4.83. The van der Waals surface area contributed by atoms with Crippen LogP contribution in [0.5, 0.6) is 0 Å². The number of rotatable bonds is 4. The van der Waals surface area contributed by atoms with Crippen molar-refractivity contribution < 1.29 is 14.6 Å². The van der Waals surface area contributed by atoms with Crippen LogP contribution >= 0.6 is 0 Å². The molecule has 0 spiro atoms. The molecule has 4 heteroatoms. The van der Waals surface area contributed by atoms with E-state index in [0.29, 0.717) is 12.0 Å². The molecule has 0 radical (unpaired) electrons. The Bertz CT molecular complexity index is 494. The molecule has 3 aliphatic heterocycles. The SMILES string of the molecule is CC#CC(O)(C(=O)OC1C2CCN(CC2)C1CC)C1CCCC1. The van der Waals surface area contributed by atoms with Crippen molar-refractivity contribution in [1.29, 1.82) is 0 Å². The number of carbonyl (C=O) groups is 1. The predicted octanol–water partition coefficient (Wildman–Crippen LogP) is 2.35. The highest BCUT2D eigenvalue weighted by Gasteiger charge is 2.49. The summed E-state index contributed by atoms with van der Waals surface area (Å²) in [5.74, 6) is 5.39. The molecule has 1 N–H and O–H groups in total. The van der Waals surface area contributed by atoms with Gasteiger partial charge in [0.1, 0.15) is 6.10 Å². The summed E-state index contributed by atoms with van der Waals surface area (Å²) in [5, 5.41) is 11.0. The van der Waals surface area contributed by atoms with Crippen molar-refractivity contribution in [3.05, 3.63) is 0 Å². The molecule has 128 valence electrons. The zero-order chi connectivity index (χ0) is 16.4. The topological polar surface area (TPSA) is 49.8 Å². The number of ether oxygens (including phenoxy) is 1. The first-order valence-electron chi connectivity index (χ1n) is 9.21. The van der Waals surface area contributed by atoms with Crippen LogP contribution in [0.25, 0.3) is 0 Å². The Morgan fingerprint density at radius 2 is 1.91 bits per heavy atom. The molecule has 0 aromatic rings. The smallest absolute Gasteiger partial charge is 0.351 e. The average Bonchev–Trinajstić information content (AvgIpc) is 3.11. The molecule has 1 aliphatic carbocycles. The molecule has 23 heavy (non-hydrogen) atoms. The van der Waals surface area contributed by atoms with Crippen LogP contribution in [0.4, 0.5) is 0 Å². The summed E-state index contributed by atoms with van der Waals surface area (Å²) < 4.78 is 5.93. The summed E-state index contributed by atoms with van der Waals surface area (Å²) >= 11 is 0. The molecule has 3 saturated heterocycles. The highest BCUT2D eigenvalue weighted by atomic mass is 16.6. The molecule has 3 heterocycles. The van der Waals surface area contributed by atoms with Gasteiger partial charge < -0.3 is 9.84 Å². The van der Waals surface area contributed by atoms with E-state index in [1.54, 1.807) is 6.92 Å². The van der Waals surface area contributed by atoms with Gasteiger partial charge in [-0.25, -0.2) is 4.79 Å². The van der Waals surface area contributed by atoms with E-state index in [4.69, 9.17) is 4.74 Å². The molecule has 4 aliphatic rings. The van der Waals surface area contributed by atoms with Crippen LogP contribution in [0.15, 0.2) is 0 Å². The Labute approximate surface area is 139 Å². The second-order valence-electron chi connectivity index (χ2n) is 7.34. The summed E-state index contributed by atoms with van der Waals surface area (Å²) in [6, 6.07) is 0.300. The number of hydrogen-bond acceptors (Lipinski definition) is 4. The van der Waals surface area contributed by atoms with E-state index in [2.05, 4.69) is 23.7 Å². The van der Waals surface area contributed by atoms with Gasteiger partial charge in [-0.1, -0.05) is 25.7 Å². The van der Waals surface area contributed by atoms with Crippen LogP contribution in [0.2, 0.25) is 0 Å². The summed E-state index contributed by atoms with van der Waals surface area (Å²) in [6.45, 7) is 6.05. The van der Waals surface area contributed by atoms with Gasteiger partial charge in [0.25, 0.3) is 0 Å². The minimum absolute atomic E-state index is 0.0800. The monoisotopic (exact) mass is 319 g/mol. The highest BCUT2D eigenvalue weighted by Crippen LogP contribution is 2.39. The molecular weight excluding hydrogens is 290 g/mol.